The fourth-order valence-electron chi connectivity index (χ4n) is 1.74. The van der Waals surface area contributed by atoms with Crippen molar-refractivity contribution in [3.63, 3.8) is 0 Å². The summed E-state index contributed by atoms with van der Waals surface area (Å²) in [6.07, 6.45) is 2.63. The van der Waals surface area contributed by atoms with E-state index in [-0.39, 0.29) is 12.5 Å². The molecule has 1 amide bonds. The molecule has 4 nitrogen and oxygen atoms in total. The summed E-state index contributed by atoms with van der Waals surface area (Å²) in [6, 6.07) is 0. The molecule has 0 radical (unpaired) electrons. The third kappa shape index (κ3) is 2.69. The van der Waals surface area contributed by atoms with Crippen LogP contribution in [0.2, 0.25) is 0 Å². The van der Waals surface area contributed by atoms with Crippen LogP contribution in [-0.4, -0.2) is 35.2 Å². The first-order valence-electron chi connectivity index (χ1n) is 5.64. The Morgan fingerprint density at radius 2 is 2.33 bits per heavy atom. The molecule has 2 unspecified atom stereocenters. The molecule has 1 aliphatic heterocycles. The summed E-state index contributed by atoms with van der Waals surface area (Å²) in [5, 5.41) is 15.4. The molecule has 0 aromatic carbocycles. The summed E-state index contributed by atoms with van der Waals surface area (Å²) in [5.41, 5.74) is -0.948. The number of rotatable bonds is 4. The van der Waals surface area contributed by atoms with Crippen LogP contribution in [0.25, 0.3) is 0 Å². The number of carbonyl (C=O) groups is 1. The highest BCUT2D eigenvalue weighted by molar-refractivity contribution is 5.86. The van der Waals surface area contributed by atoms with Gasteiger partial charge in [-0.05, 0) is 39.7 Å². The van der Waals surface area contributed by atoms with Crippen LogP contribution in [0.1, 0.15) is 40.0 Å². The predicted octanol–water partition coefficient (Wildman–Crippen LogP) is 0.406. The molecule has 0 aromatic rings. The lowest BCUT2D eigenvalue weighted by atomic mass is 9.94. The Morgan fingerprint density at radius 1 is 1.67 bits per heavy atom. The number of aliphatic hydroxyl groups is 1. The fourth-order valence-corrected chi connectivity index (χ4v) is 1.74. The minimum absolute atomic E-state index is 0.00148. The Labute approximate surface area is 91.4 Å². The SMILES string of the molecule is CCC(C)(CO)NC(=O)C1(C)CCCN1. The van der Waals surface area contributed by atoms with Gasteiger partial charge in [0, 0.05) is 0 Å². The molecule has 0 saturated carbocycles. The van der Waals surface area contributed by atoms with E-state index in [9.17, 15) is 9.90 Å². The van der Waals surface area contributed by atoms with Crippen molar-refractivity contribution in [1.82, 2.24) is 10.6 Å². The summed E-state index contributed by atoms with van der Waals surface area (Å²) in [4.78, 5) is 12.0. The number of aliphatic hydroxyl groups excluding tert-OH is 1. The van der Waals surface area contributed by atoms with E-state index in [1.54, 1.807) is 0 Å². The molecule has 0 bridgehead atoms. The molecule has 3 N–H and O–H groups in total. The van der Waals surface area contributed by atoms with Crippen LogP contribution in [0.4, 0.5) is 0 Å². The van der Waals surface area contributed by atoms with Crippen molar-refractivity contribution in [2.75, 3.05) is 13.2 Å². The van der Waals surface area contributed by atoms with E-state index >= 15 is 0 Å². The van der Waals surface area contributed by atoms with Gasteiger partial charge >= 0.3 is 0 Å². The van der Waals surface area contributed by atoms with Crippen LogP contribution in [0.15, 0.2) is 0 Å². The lowest BCUT2D eigenvalue weighted by molar-refractivity contribution is -0.129. The van der Waals surface area contributed by atoms with Crippen LogP contribution in [-0.2, 0) is 4.79 Å². The molecule has 0 aromatic heterocycles. The van der Waals surface area contributed by atoms with Crippen molar-refractivity contribution >= 4 is 5.91 Å². The van der Waals surface area contributed by atoms with Crippen LogP contribution >= 0.6 is 0 Å². The van der Waals surface area contributed by atoms with Crippen molar-refractivity contribution in [3.8, 4) is 0 Å². The second-order valence-electron chi connectivity index (χ2n) is 4.89. The van der Waals surface area contributed by atoms with Crippen molar-refractivity contribution in [3.05, 3.63) is 0 Å². The molecular weight excluding hydrogens is 192 g/mol. The average Bonchev–Trinajstić information content (AvgIpc) is 2.66. The van der Waals surface area contributed by atoms with Gasteiger partial charge in [-0.15, -0.1) is 0 Å². The normalized spacial score (nSPS) is 29.9. The Morgan fingerprint density at radius 3 is 2.73 bits per heavy atom. The second kappa shape index (κ2) is 4.49. The van der Waals surface area contributed by atoms with Crippen LogP contribution in [0.3, 0.4) is 0 Å². The van der Waals surface area contributed by atoms with Gasteiger partial charge in [0.25, 0.3) is 0 Å². The van der Waals surface area contributed by atoms with Crippen LogP contribution < -0.4 is 10.6 Å². The van der Waals surface area contributed by atoms with Crippen LogP contribution in [0, 0.1) is 0 Å². The van der Waals surface area contributed by atoms with Gasteiger partial charge in [-0.1, -0.05) is 6.92 Å². The number of hydrogen-bond donors (Lipinski definition) is 3. The van der Waals surface area contributed by atoms with Gasteiger partial charge in [-0.3, -0.25) is 4.79 Å². The second-order valence-corrected chi connectivity index (χ2v) is 4.89. The standard InChI is InChI=1S/C11H22N2O2/c1-4-10(2,8-14)13-9(15)11(3)6-5-7-12-11/h12,14H,4-8H2,1-3H3,(H,13,15). The van der Waals surface area contributed by atoms with Gasteiger partial charge in [0.05, 0.1) is 17.7 Å². The molecule has 2 atom stereocenters. The summed E-state index contributed by atoms with van der Waals surface area (Å²) < 4.78 is 0. The molecule has 88 valence electrons. The molecule has 1 saturated heterocycles. The zero-order valence-corrected chi connectivity index (χ0v) is 9.89. The number of hydrogen-bond acceptors (Lipinski definition) is 3. The maximum absolute atomic E-state index is 12.0. The monoisotopic (exact) mass is 214 g/mol. The number of carbonyl (C=O) groups excluding carboxylic acids is 1. The molecule has 0 spiro atoms. The van der Waals surface area contributed by atoms with E-state index in [0.29, 0.717) is 0 Å². The van der Waals surface area contributed by atoms with Crippen LogP contribution in [0.5, 0.6) is 0 Å². The Hall–Kier alpha value is -0.610. The Balaban J connectivity index is 2.61. The number of amides is 1. The zero-order valence-electron chi connectivity index (χ0n) is 9.89. The van der Waals surface area contributed by atoms with Gasteiger partial charge < -0.3 is 15.7 Å². The first-order valence-corrected chi connectivity index (χ1v) is 5.64. The van der Waals surface area contributed by atoms with Gasteiger partial charge in [0.1, 0.15) is 0 Å². The van der Waals surface area contributed by atoms with Gasteiger partial charge in [0.15, 0.2) is 0 Å². The molecule has 4 heteroatoms. The first-order chi connectivity index (χ1) is 6.96. The Kier molecular flexibility index (Phi) is 3.73. The first kappa shape index (κ1) is 12.5. The maximum atomic E-state index is 12.0. The molecule has 1 rings (SSSR count). The lowest BCUT2D eigenvalue weighted by Gasteiger charge is -2.32. The summed E-state index contributed by atoms with van der Waals surface area (Å²) >= 11 is 0. The van der Waals surface area contributed by atoms with Gasteiger partial charge in [-0.25, -0.2) is 0 Å². The summed E-state index contributed by atoms with van der Waals surface area (Å²) in [7, 11) is 0. The molecule has 1 heterocycles. The molecule has 1 fully saturated rings. The van der Waals surface area contributed by atoms with Crippen molar-refractivity contribution < 1.29 is 9.90 Å². The number of nitrogens with one attached hydrogen (secondary N) is 2. The smallest absolute Gasteiger partial charge is 0.240 e. The fraction of sp³-hybridized carbons (Fsp3) is 0.909. The Bertz CT molecular complexity index is 231. The van der Waals surface area contributed by atoms with E-state index in [0.717, 1.165) is 25.8 Å². The third-order valence-corrected chi connectivity index (χ3v) is 3.41. The maximum Gasteiger partial charge on any atom is 0.240 e. The highest BCUT2D eigenvalue weighted by Crippen LogP contribution is 2.20. The van der Waals surface area contributed by atoms with Crippen molar-refractivity contribution in [2.24, 2.45) is 0 Å². The highest BCUT2D eigenvalue weighted by atomic mass is 16.3. The third-order valence-electron chi connectivity index (χ3n) is 3.41. The minimum atomic E-state index is -0.496. The quantitative estimate of drug-likeness (QED) is 0.635. The van der Waals surface area contributed by atoms with E-state index in [4.69, 9.17) is 0 Å². The van der Waals surface area contributed by atoms with E-state index in [1.807, 2.05) is 20.8 Å². The minimum Gasteiger partial charge on any atom is -0.394 e. The van der Waals surface area contributed by atoms with E-state index in [2.05, 4.69) is 10.6 Å². The topological polar surface area (TPSA) is 61.4 Å². The zero-order chi connectivity index (χ0) is 11.5. The highest BCUT2D eigenvalue weighted by Gasteiger charge is 2.38. The predicted molar refractivity (Wildman–Crippen MR) is 59.6 cm³/mol. The van der Waals surface area contributed by atoms with Gasteiger partial charge in [-0.2, -0.15) is 0 Å². The average molecular weight is 214 g/mol. The van der Waals surface area contributed by atoms with Gasteiger partial charge in [0.2, 0.25) is 5.91 Å². The van der Waals surface area contributed by atoms with E-state index in [1.165, 1.54) is 0 Å². The molecule has 15 heavy (non-hydrogen) atoms. The molecule has 0 aliphatic carbocycles. The van der Waals surface area contributed by atoms with E-state index < -0.39 is 11.1 Å². The van der Waals surface area contributed by atoms with Crippen molar-refractivity contribution in [1.29, 1.82) is 0 Å². The molecule has 1 aliphatic rings. The molecular formula is C11H22N2O2. The largest absolute Gasteiger partial charge is 0.394 e. The van der Waals surface area contributed by atoms with Crippen molar-refractivity contribution in [2.45, 2.75) is 51.1 Å². The lowest BCUT2D eigenvalue weighted by Crippen LogP contribution is -2.58. The summed E-state index contributed by atoms with van der Waals surface area (Å²) in [6.45, 7) is 6.62. The summed E-state index contributed by atoms with van der Waals surface area (Å²) in [5.74, 6) is -0.00148.